The number of benzene rings is 2. The summed E-state index contributed by atoms with van der Waals surface area (Å²) in [4.78, 5) is 26.1. The first-order valence-corrected chi connectivity index (χ1v) is 8.47. The van der Waals surface area contributed by atoms with Gasteiger partial charge in [-0.15, -0.1) is 0 Å². The van der Waals surface area contributed by atoms with Crippen LogP contribution < -0.4 is 9.64 Å². The number of hydrogen-bond donors (Lipinski definition) is 1. The molecule has 0 unspecified atom stereocenters. The predicted molar refractivity (Wildman–Crippen MR) is 91.2 cm³/mol. The van der Waals surface area contributed by atoms with Crippen LogP contribution in [0.3, 0.4) is 0 Å². The number of ether oxygens (including phenoxy) is 1. The lowest BCUT2D eigenvalue weighted by atomic mass is 9.83. The molecule has 1 N–H and O–H groups in total. The molecule has 2 aliphatic heterocycles. The van der Waals surface area contributed by atoms with E-state index < -0.39 is 17.9 Å². The Balaban J connectivity index is 2.00. The molecule has 2 aliphatic rings. The molecule has 0 radical (unpaired) electrons. The summed E-state index contributed by atoms with van der Waals surface area (Å²) < 4.78 is 6.82. The van der Waals surface area contributed by atoms with E-state index in [0.29, 0.717) is 23.6 Å². The molecular formula is C18H14BrNO4. The Morgan fingerprint density at radius 2 is 2.00 bits per heavy atom. The maximum absolute atomic E-state index is 12.7. The van der Waals surface area contributed by atoms with E-state index in [9.17, 15) is 14.7 Å². The maximum Gasteiger partial charge on any atom is 0.308 e. The number of carboxylic acids is 1. The van der Waals surface area contributed by atoms with Crippen molar-refractivity contribution >= 4 is 33.5 Å². The second kappa shape index (κ2) is 5.63. The second-order valence-corrected chi connectivity index (χ2v) is 6.86. The summed E-state index contributed by atoms with van der Waals surface area (Å²) >= 11 is 3.42. The third-order valence-corrected chi connectivity index (χ3v) is 5.05. The quantitative estimate of drug-likeness (QED) is 0.798. The molecule has 2 heterocycles. The lowest BCUT2D eigenvalue weighted by molar-refractivity contribution is -0.144. The van der Waals surface area contributed by atoms with Gasteiger partial charge in [-0.05, 0) is 30.7 Å². The molecular weight excluding hydrogens is 374 g/mol. The number of carboxylic acid groups (broad SMARTS) is 1. The van der Waals surface area contributed by atoms with Gasteiger partial charge in [-0.1, -0.05) is 34.1 Å². The van der Waals surface area contributed by atoms with Crippen molar-refractivity contribution in [3.05, 3.63) is 52.5 Å². The first-order valence-electron chi connectivity index (χ1n) is 7.67. The lowest BCUT2D eigenvalue weighted by Crippen LogP contribution is -2.45. The summed E-state index contributed by atoms with van der Waals surface area (Å²) in [6, 6.07) is 12.2. The fraction of sp³-hybridized carbons (Fsp3) is 0.222. The van der Waals surface area contributed by atoms with Crippen LogP contribution in [0.15, 0.2) is 46.9 Å². The molecule has 0 bridgehead atoms. The minimum Gasteiger partial charge on any atom is -0.481 e. The number of rotatable bonds is 1. The molecule has 1 saturated heterocycles. The molecule has 122 valence electrons. The van der Waals surface area contributed by atoms with Crippen molar-refractivity contribution in [1.29, 1.82) is 0 Å². The standard InChI is InChI=1S/C18H14BrNO4/c19-10-5-7-15-13(9-10)20-16(21)8-6-12(18(22)23)17(20)11-3-1-2-4-14(11)24-15/h1-5,7,9,12,17H,6,8H2,(H,22,23)/t12-,17-/m0/s1. The van der Waals surface area contributed by atoms with Crippen LogP contribution in [0.2, 0.25) is 0 Å². The fourth-order valence-corrected chi connectivity index (χ4v) is 3.84. The number of nitrogens with zero attached hydrogens (tertiary/aromatic N) is 1. The van der Waals surface area contributed by atoms with E-state index in [1.165, 1.54) is 0 Å². The topological polar surface area (TPSA) is 66.8 Å². The fourth-order valence-electron chi connectivity index (χ4n) is 3.49. The van der Waals surface area contributed by atoms with Gasteiger partial charge in [0.2, 0.25) is 5.91 Å². The van der Waals surface area contributed by atoms with Crippen LogP contribution in [0.25, 0.3) is 0 Å². The summed E-state index contributed by atoms with van der Waals surface area (Å²) in [5.74, 6) is -0.512. The van der Waals surface area contributed by atoms with Crippen molar-refractivity contribution < 1.29 is 19.4 Å². The van der Waals surface area contributed by atoms with E-state index in [1.54, 1.807) is 17.0 Å². The van der Waals surface area contributed by atoms with Crippen LogP contribution in [0.1, 0.15) is 24.4 Å². The molecule has 1 fully saturated rings. The van der Waals surface area contributed by atoms with Crippen molar-refractivity contribution in [1.82, 2.24) is 0 Å². The van der Waals surface area contributed by atoms with Crippen LogP contribution in [0.5, 0.6) is 11.5 Å². The third-order valence-electron chi connectivity index (χ3n) is 4.55. The molecule has 2 atom stereocenters. The first-order chi connectivity index (χ1) is 11.6. The molecule has 0 spiro atoms. The normalized spacial score (nSPS) is 21.9. The number of carbonyl (C=O) groups is 2. The van der Waals surface area contributed by atoms with Crippen LogP contribution in [0, 0.1) is 5.92 Å². The van der Waals surface area contributed by atoms with Crippen molar-refractivity contribution in [2.75, 3.05) is 4.90 Å². The molecule has 0 aromatic heterocycles. The summed E-state index contributed by atoms with van der Waals surface area (Å²) in [7, 11) is 0. The van der Waals surface area contributed by atoms with Crippen LogP contribution in [-0.4, -0.2) is 17.0 Å². The Kier molecular flexibility index (Phi) is 3.57. The Labute approximate surface area is 147 Å². The molecule has 2 aromatic carbocycles. The zero-order valence-electron chi connectivity index (χ0n) is 12.6. The summed E-state index contributed by atoms with van der Waals surface area (Å²) in [5, 5.41) is 9.70. The van der Waals surface area contributed by atoms with Gasteiger partial charge in [-0.25, -0.2) is 0 Å². The molecule has 6 heteroatoms. The van der Waals surface area contributed by atoms with Gasteiger partial charge in [0.1, 0.15) is 5.75 Å². The van der Waals surface area contributed by atoms with Gasteiger partial charge in [0.25, 0.3) is 0 Å². The lowest BCUT2D eigenvalue weighted by Gasteiger charge is -2.38. The summed E-state index contributed by atoms with van der Waals surface area (Å²) in [5.41, 5.74) is 1.33. The highest BCUT2D eigenvalue weighted by atomic mass is 79.9. The predicted octanol–water partition coefficient (Wildman–Crippen LogP) is 4.12. The van der Waals surface area contributed by atoms with Gasteiger partial charge in [0.15, 0.2) is 5.75 Å². The highest BCUT2D eigenvalue weighted by molar-refractivity contribution is 9.10. The number of fused-ring (bicyclic) bond motifs is 5. The first kappa shape index (κ1) is 15.2. The van der Waals surface area contributed by atoms with Crippen molar-refractivity contribution in [2.45, 2.75) is 18.9 Å². The maximum atomic E-state index is 12.7. The van der Waals surface area contributed by atoms with E-state index >= 15 is 0 Å². The van der Waals surface area contributed by atoms with Gasteiger partial charge in [0, 0.05) is 16.5 Å². The molecule has 4 rings (SSSR count). The molecule has 0 aliphatic carbocycles. The molecule has 1 amide bonds. The average Bonchev–Trinajstić information content (AvgIpc) is 2.70. The van der Waals surface area contributed by atoms with Crippen LogP contribution in [-0.2, 0) is 9.59 Å². The van der Waals surface area contributed by atoms with Gasteiger partial charge in [-0.3, -0.25) is 9.59 Å². The number of hydrogen-bond acceptors (Lipinski definition) is 3. The van der Waals surface area contributed by atoms with E-state index in [2.05, 4.69) is 15.9 Å². The van der Waals surface area contributed by atoms with Gasteiger partial charge >= 0.3 is 5.97 Å². The number of aliphatic carboxylic acids is 1. The average molecular weight is 388 g/mol. The molecule has 5 nitrogen and oxygen atoms in total. The second-order valence-electron chi connectivity index (χ2n) is 5.94. The highest BCUT2D eigenvalue weighted by Crippen LogP contribution is 2.50. The van der Waals surface area contributed by atoms with E-state index in [4.69, 9.17) is 4.74 Å². The molecule has 0 saturated carbocycles. The monoisotopic (exact) mass is 387 g/mol. The van der Waals surface area contributed by atoms with E-state index in [0.717, 1.165) is 10.0 Å². The van der Waals surface area contributed by atoms with E-state index in [1.807, 2.05) is 30.3 Å². The number of para-hydroxylation sites is 1. The smallest absolute Gasteiger partial charge is 0.308 e. The van der Waals surface area contributed by atoms with Gasteiger partial charge in [0.05, 0.1) is 17.6 Å². The third kappa shape index (κ3) is 2.29. The molecule has 24 heavy (non-hydrogen) atoms. The summed E-state index contributed by atoms with van der Waals surface area (Å²) in [6.07, 6.45) is 0.536. The molecule has 2 aromatic rings. The Bertz CT molecular complexity index is 851. The zero-order valence-corrected chi connectivity index (χ0v) is 14.2. The van der Waals surface area contributed by atoms with Crippen molar-refractivity contribution in [3.8, 4) is 11.5 Å². The largest absolute Gasteiger partial charge is 0.481 e. The number of amides is 1. The minimum absolute atomic E-state index is 0.0860. The summed E-state index contributed by atoms with van der Waals surface area (Å²) in [6.45, 7) is 0. The van der Waals surface area contributed by atoms with Gasteiger partial charge in [-0.2, -0.15) is 0 Å². The Hall–Kier alpha value is -2.34. The van der Waals surface area contributed by atoms with Crippen molar-refractivity contribution in [3.63, 3.8) is 0 Å². The highest BCUT2D eigenvalue weighted by Gasteiger charge is 2.45. The number of piperidine rings is 1. The Morgan fingerprint density at radius 3 is 2.79 bits per heavy atom. The Morgan fingerprint density at radius 1 is 1.21 bits per heavy atom. The zero-order chi connectivity index (χ0) is 16.8. The van der Waals surface area contributed by atoms with Gasteiger partial charge < -0.3 is 14.7 Å². The number of carbonyl (C=O) groups excluding carboxylic acids is 1. The minimum atomic E-state index is -0.897. The number of anilines is 1. The van der Waals surface area contributed by atoms with Crippen LogP contribution in [0.4, 0.5) is 5.69 Å². The van der Waals surface area contributed by atoms with Crippen molar-refractivity contribution in [2.24, 2.45) is 5.92 Å². The van der Waals surface area contributed by atoms with E-state index in [-0.39, 0.29) is 12.3 Å². The SMILES string of the molecule is O=C(O)[C@H]1CCC(=O)N2c3cc(Br)ccc3Oc3ccccc3[C@@H]12. The number of halogens is 1. The van der Waals surface area contributed by atoms with Crippen LogP contribution >= 0.6 is 15.9 Å².